The zero-order chi connectivity index (χ0) is 14.3. The van der Waals surface area contributed by atoms with Gasteiger partial charge in [0, 0.05) is 19.5 Å². The predicted octanol–water partition coefficient (Wildman–Crippen LogP) is 0.361. The van der Waals surface area contributed by atoms with E-state index in [1.54, 1.807) is 14.0 Å². The van der Waals surface area contributed by atoms with E-state index in [9.17, 15) is 14.4 Å². The molecule has 1 aliphatic carbocycles. The maximum absolute atomic E-state index is 11.6. The Hall–Kier alpha value is -1.59. The molecule has 0 radical (unpaired) electrons. The van der Waals surface area contributed by atoms with Gasteiger partial charge in [0.15, 0.2) is 6.61 Å². The molecule has 6 nitrogen and oxygen atoms in total. The van der Waals surface area contributed by atoms with E-state index in [2.05, 4.69) is 10.6 Å². The summed E-state index contributed by atoms with van der Waals surface area (Å²) in [6.45, 7) is 1.46. The number of ether oxygens (including phenoxy) is 1. The van der Waals surface area contributed by atoms with Crippen LogP contribution in [0.1, 0.15) is 39.0 Å². The third kappa shape index (κ3) is 5.72. The van der Waals surface area contributed by atoms with Crippen LogP contribution in [-0.2, 0) is 19.1 Å². The van der Waals surface area contributed by atoms with Crippen LogP contribution in [0.4, 0.5) is 0 Å². The van der Waals surface area contributed by atoms with Crippen LogP contribution in [0.25, 0.3) is 0 Å². The van der Waals surface area contributed by atoms with Crippen molar-refractivity contribution in [1.82, 2.24) is 10.6 Å². The predicted molar refractivity (Wildman–Crippen MR) is 69.2 cm³/mol. The lowest BCUT2D eigenvalue weighted by Crippen LogP contribution is -2.39. The molecule has 0 saturated heterocycles. The van der Waals surface area contributed by atoms with Gasteiger partial charge < -0.3 is 15.4 Å². The third-order valence-electron chi connectivity index (χ3n) is 3.21. The Morgan fingerprint density at radius 1 is 1.21 bits per heavy atom. The van der Waals surface area contributed by atoms with Crippen molar-refractivity contribution >= 4 is 17.8 Å². The van der Waals surface area contributed by atoms with Gasteiger partial charge in [0.05, 0.1) is 5.92 Å². The van der Waals surface area contributed by atoms with E-state index in [-0.39, 0.29) is 42.8 Å². The number of rotatable bonds is 6. The molecule has 0 aromatic rings. The third-order valence-corrected chi connectivity index (χ3v) is 3.21. The van der Waals surface area contributed by atoms with Crippen LogP contribution in [0.2, 0.25) is 0 Å². The Morgan fingerprint density at radius 2 is 1.84 bits per heavy atom. The molecule has 1 rings (SSSR count). The molecule has 1 atom stereocenters. The second-order valence-electron chi connectivity index (χ2n) is 4.93. The van der Waals surface area contributed by atoms with Gasteiger partial charge in [-0.05, 0) is 19.8 Å². The fourth-order valence-electron chi connectivity index (χ4n) is 2.16. The zero-order valence-corrected chi connectivity index (χ0v) is 11.5. The van der Waals surface area contributed by atoms with Crippen molar-refractivity contribution in [3.63, 3.8) is 0 Å². The fraction of sp³-hybridized carbons (Fsp3) is 0.769. The fourth-order valence-corrected chi connectivity index (χ4v) is 2.16. The quantitative estimate of drug-likeness (QED) is 0.683. The van der Waals surface area contributed by atoms with E-state index in [1.165, 1.54) is 0 Å². The molecule has 0 bridgehead atoms. The van der Waals surface area contributed by atoms with Crippen molar-refractivity contribution in [1.29, 1.82) is 0 Å². The lowest BCUT2D eigenvalue weighted by molar-refractivity contribution is -0.152. The van der Waals surface area contributed by atoms with Gasteiger partial charge in [-0.3, -0.25) is 14.4 Å². The molecule has 6 heteroatoms. The molecular formula is C13H22N2O4. The van der Waals surface area contributed by atoms with Gasteiger partial charge >= 0.3 is 5.97 Å². The number of carbonyl (C=O) groups is 3. The van der Waals surface area contributed by atoms with Gasteiger partial charge in [-0.15, -0.1) is 0 Å². The molecule has 0 spiro atoms. The van der Waals surface area contributed by atoms with Crippen molar-refractivity contribution in [3.05, 3.63) is 0 Å². The van der Waals surface area contributed by atoms with Gasteiger partial charge in [-0.1, -0.05) is 12.8 Å². The summed E-state index contributed by atoms with van der Waals surface area (Å²) in [7, 11) is 1.54. The first-order chi connectivity index (χ1) is 9.02. The Morgan fingerprint density at radius 3 is 2.42 bits per heavy atom. The molecule has 1 saturated carbocycles. The van der Waals surface area contributed by atoms with Gasteiger partial charge in [0.25, 0.3) is 5.91 Å². The zero-order valence-electron chi connectivity index (χ0n) is 11.5. The lowest BCUT2D eigenvalue weighted by Gasteiger charge is -2.14. The Balaban J connectivity index is 2.19. The summed E-state index contributed by atoms with van der Waals surface area (Å²) < 4.78 is 4.97. The van der Waals surface area contributed by atoms with E-state index in [0.29, 0.717) is 0 Å². The number of carbonyl (C=O) groups excluding carboxylic acids is 3. The molecule has 0 aliphatic heterocycles. The normalized spacial score (nSPS) is 16.7. The first-order valence-electron chi connectivity index (χ1n) is 6.69. The molecule has 108 valence electrons. The summed E-state index contributed by atoms with van der Waals surface area (Å²) in [4.78, 5) is 34.2. The van der Waals surface area contributed by atoms with Crippen LogP contribution >= 0.6 is 0 Å². The average Bonchev–Trinajstić information content (AvgIpc) is 2.89. The van der Waals surface area contributed by atoms with Crippen molar-refractivity contribution in [2.24, 2.45) is 5.92 Å². The molecule has 1 aliphatic rings. The Bertz CT molecular complexity index is 338. The highest BCUT2D eigenvalue weighted by Gasteiger charge is 2.24. The second kappa shape index (κ2) is 7.76. The van der Waals surface area contributed by atoms with Crippen LogP contribution in [-0.4, -0.2) is 37.5 Å². The lowest BCUT2D eigenvalue weighted by atomic mass is 10.1. The summed E-state index contributed by atoms with van der Waals surface area (Å²) in [5, 5.41) is 5.09. The first-order valence-corrected chi connectivity index (χ1v) is 6.69. The monoisotopic (exact) mass is 270 g/mol. The first kappa shape index (κ1) is 15.5. The van der Waals surface area contributed by atoms with Crippen LogP contribution in [0.5, 0.6) is 0 Å². The van der Waals surface area contributed by atoms with E-state index in [0.717, 1.165) is 25.7 Å². The minimum Gasteiger partial charge on any atom is -0.455 e. The summed E-state index contributed by atoms with van der Waals surface area (Å²) in [6, 6.07) is -0.280. The minimum absolute atomic E-state index is 0.0453. The summed E-state index contributed by atoms with van der Waals surface area (Å²) >= 11 is 0. The van der Waals surface area contributed by atoms with Gasteiger partial charge in [-0.2, -0.15) is 0 Å². The van der Waals surface area contributed by atoms with Crippen LogP contribution in [0.3, 0.4) is 0 Å². The van der Waals surface area contributed by atoms with Crippen molar-refractivity contribution in [3.8, 4) is 0 Å². The number of amides is 2. The molecule has 0 aromatic heterocycles. The Labute approximate surface area is 113 Å². The number of hydrogen-bond acceptors (Lipinski definition) is 4. The van der Waals surface area contributed by atoms with Crippen molar-refractivity contribution < 1.29 is 19.1 Å². The van der Waals surface area contributed by atoms with E-state index in [4.69, 9.17) is 4.74 Å². The van der Waals surface area contributed by atoms with E-state index >= 15 is 0 Å². The number of nitrogens with one attached hydrogen (secondary N) is 2. The molecule has 2 N–H and O–H groups in total. The van der Waals surface area contributed by atoms with E-state index in [1.807, 2.05) is 0 Å². The Kier molecular flexibility index (Phi) is 6.32. The average molecular weight is 270 g/mol. The van der Waals surface area contributed by atoms with Gasteiger partial charge in [-0.25, -0.2) is 0 Å². The van der Waals surface area contributed by atoms with Gasteiger partial charge in [0.1, 0.15) is 0 Å². The summed E-state index contributed by atoms with van der Waals surface area (Å²) in [5.74, 6) is -0.846. The molecule has 0 unspecified atom stereocenters. The topological polar surface area (TPSA) is 84.5 Å². The molecule has 0 aromatic carbocycles. The molecule has 1 fully saturated rings. The largest absolute Gasteiger partial charge is 0.455 e. The highest BCUT2D eigenvalue weighted by molar-refractivity contribution is 5.82. The highest BCUT2D eigenvalue weighted by Crippen LogP contribution is 2.25. The molecule has 0 heterocycles. The standard InChI is InChI=1S/C13H22N2O4/c1-9(7-11(16)14-2)15-12(17)8-19-13(18)10-5-3-4-6-10/h9-10H,3-8H2,1-2H3,(H,14,16)(H,15,17)/t9-/m0/s1. The van der Waals surface area contributed by atoms with Crippen molar-refractivity contribution in [2.75, 3.05) is 13.7 Å². The summed E-state index contributed by atoms with van der Waals surface area (Å²) in [5.41, 5.74) is 0. The smallest absolute Gasteiger partial charge is 0.309 e. The maximum Gasteiger partial charge on any atom is 0.309 e. The van der Waals surface area contributed by atoms with Crippen LogP contribution in [0, 0.1) is 5.92 Å². The second-order valence-corrected chi connectivity index (χ2v) is 4.93. The summed E-state index contributed by atoms with van der Waals surface area (Å²) in [6.07, 6.45) is 4.02. The highest BCUT2D eigenvalue weighted by atomic mass is 16.5. The minimum atomic E-state index is -0.372. The number of esters is 1. The molecule has 2 amide bonds. The van der Waals surface area contributed by atoms with Gasteiger partial charge in [0.2, 0.25) is 5.91 Å². The van der Waals surface area contributed by atoms with Crippen LogP contribution in [0.15, 0.2) is 0 Å². The van der Waals surface area contributed by atoms with E-state index < -0.39 is 0 Å². The number of hydrogen-bond donors (Lipinski definition) is 2. The maximum atomic E-state index is 11.6. The SMILES string of the molecule is CNC(=O)C[C@H](C)NC(=O)COC(=O)C1CCCC1. The molecular weight excluding hydrogens is 248 g/mol. The van der Waals surface area contributed by atoms with Crippen LogP contribution < -0.4 is 10.6 Å². The molecule has 19 heavy (non-hydrogen) atoms. The van der Waals surface area contributed by atoms with Crippen molar-refractivity contribution in [2.45, 2.75) is 45.1 Å².